The van der Waals surface area contributed by atoms with Gasteiger partial charge in [-0.05, 0) is 31.2 Å². The number of anilines is 1. The molecule has 0 saturated heterocycles. The molecule has 2 atom stereocenters. The zero-order valence-corrected chi connectivity index (χ0v) is 11.1. The van der Waals surface area contributed by atoms with Crippen molar-refractivity contribution in [2.45, 2.75) is 45.1 Å². The summed E-state index contributed by atoms with van der Waals surface area (Å²) < 4.78 is 5.81. The van der Waals surface area contributed by atoms with Crippen molar-refractivity contribution < 1.29 is 14.6 Å². The van der Waals surface area contributed by atoms with E-state index < -0.39 is 5.97 Å². The highest BCUT2D eigenvalue weighted by atomic mass is 16.5. The van der Waals surface area contributed by atoms with E-state index in [0.717, 1.165) is 25.7 Å². The minimum absolute atomic E-state index is 0.0489. The SMILES string of the molecule is CCC1CCCC(Oc2nccc(C(=O)O)c2N)C1. The van der Waals surface area contributed by atoms with Crippen LogP contribution in [0.1, 0.15) is 49.4 Å². The third-order valence-corrected chi connectivity index (χ3v) is 3.77. The van der Waals surface area contributed by atoms with Gasteiger partial charge in [0.2, 0.25) is 5.88 Å². The number of rotatable bonds is 4. The van der Waals surface area contributed by atoms with Crippen LogP contribution in [0.3, 0.4) is 0 Å². The molecule has 0 bridgehead atoms. The second-order valence-corrected chi connectivity index (χ2v) is 5.06. The van der Waals surface area contributed by atoms with Gasteiger partial charge in [0.15, 0.2) is 0 Å². The van der Waals surface area contributed by atoms with Crippen LogP contribution < -0.4 is 10.5 Å². The van der Waals surface area contributed by atoms with Crippen molar-refractivity contribution in [2.75, 3.05) is 5.73 Å². The molecule has 0 amide bonds. The Morgan fingerprint density at radius 3 is 3.05 bits per heavy atom. The lowest BCUT2D eigenvalue weighted by molar-refractivity contribution is 0.0696. The minimum atomic E-state index is -1.06. The first-order valence-electron chi connectivity index (χ1n) is 6.76. The molecule has 5 nitrogen and oxygen atoms in total. The summed E-state index contributed by atoms with van der Waals surface area (Å²) in [6.45, 7) is 2.19. The van der Waals surface area contributed by atoms with Crippen LogP contribution in [0.25, 0.3) is 0 Å². The van der Waals surface area contributed by atoms with Crippen LogP contribution in [-0.4, -0.2) is 22.2 Å². The van der Waals surface area contributed by atoms with E-state index in [0.29, 0.717) is 5.92 Å². The second-order valence-electron chi connectivity index (χ2n) is 5.06. The molecule has 1 aromatic heterocycles. The zero-order valence-electron chi connectivity index (χ0n) is 11.1. The quantitative estimate of drug-likeness (QED) is 0.873. The molecular formula is C14H20N2O3. The van der Waals surface area contributed by atoms with Gasteiger partial charge in [0.05, 0.1) is 5.56 Å². The maximum atomic E-state index is 11.0. The van der Waals surface area contributed by atoms with Gasteiger partial charge in [-0.25, -0.2) is 9.78 Å². The maximum absolute atomic E-state index is 11.0. The lowest BCUT2D eigenvalue weighted by Crippen LogP contribution is -2.26. The van der Waals surface area contributed by atoms with Crippen molar-refractivity contribution in [3.8, 4) is 5.88 Å². The van der Waals surface area contributed by atoms with Gasteiger partial charge in [0, 0.05) is 6.20 Å². The van der Waals surface area contributed by atoms with Gasteiger partial charge < -0.3 is 15.6 Å². The standard InChI is InChI=1S/C14H20N2O3/c1-2-9-4-3-5-10(8-9)19-13-12(15)11(14(17)18)6-7-16-13/h6-7,9-10H,2-5,8,15H2,1H3,(H,17,18). The first-order chi connectivity index (χ1) is 9.11. The van der Waals surface area contributed by atoms with Crippen LogP contribution in [0.2, 0.25) is 0 Å². The topological polar surface area (TPSA) is 85.4 Å². The zero-order chi connectivity index (χ0) is 13.8. The molecule has 0 spiro atoms. The Morgan fingerprint density at radius 2 is 2.37 bits per heavy atom. The molecule has 1 heterocycles. The molecule has 3 N–H and O–H groups in total. The van der Waals surface area contributed by atoms with Crippen molar-refractivity contribution in [3.05, 3.63) is 17.8 Å². The van der Waals surface area contributed by atoms with Crippen molar-refractivity contribution >= 4 is 11.7 Å². The van der Waals surface area contributed by atoms with Gasteiger partial charge in [0.1, 0.15) is 11.8 Å². The predicted octanol–water partition coefficient (Wildman–Crippen LogP) is 2.71. The highest BCUT2D eigenvalue weighted by Gasteiger charge is 2.24. The van der Waals surface area contributed by atoms with Crippen LogP contribution >= 0.6 is 0 Å². The molecule has 2 rings (SSSR count). The molecule has 0 radical (unpaired) electrons. The van der Waals surface area contributed by atoms with Crippen molar-refractivity contribution in [1.82, 2.24) is 4.98 Å². The number of carboxylic acid groups (broad SMARTS) is 1. The van der Waals surface area contributed by atoms with E-state index in [2.05, 4.69) is 11.9 Å². The maximum Gasteiger partial charge on any atom is 0.338 e. The fraction of sp³-hybridized carbons (Fsp3) is 0.571. The number of carbonyl (C=O) groups is 1. The summed E-state index contributed by atoms with van der Waals surface area (Å²) >= 11 is 0. The van der Waals surface area contributed by atoms with Gasteiger partial charge >= 0.3 is 5.97 Å². The van der Waals surface area contributed by atoms with Crippen molar-refractivity contribution in [2.24, 2.45) is 5.92 Å². The van der Waals surface area contributed by atoms with Crippen LogP contribution in [-0.2, 0) is 0 Å². The van der Waals surface area contributed by atoms with E-state index in [1.54, 1.807) is 0 Å². The first kappa shape index (κ1) is 13.6. The van der Waals surface area contributed by atoms with E-state index in [1.165, 1.54) is 18.7 Å². The van der Waals surface area contributed by atoms with Crippen molar-refractivity contribution in [3.63, 3.8) is 0 Å². The second kappa shape index (κ2) is 5.91. The molecule has 2 unspecified atom stereocenters. The number of aromatic nitrogens is 1. The van der Waals surface area contributed by atoms with E-state index in [4.69, 9.17) is 15.6 Å². The van der Waals surface area contributed by atoms with Crippen LogP contribution in [0.5, 0.6) is 5.88 Å². The molecule has 1 saturated carbocycles. The summed E-state index contributed by atoms with van der Waals surface area (Å²) in [5.41, 5.74) is 5.97. The predicted molar refractivity (Wildman–Crippen MR) is 72.3 cm³/mol. The number of pyridine rings is 1. The van der Waals surface area contributed by atoms with E-state index >= 15 is 0 Å². The lowest BCUT2D eigenvalue weighted by Gasteiger charge is -2.28. The van der Waals surface area contributed by atoms with Gasteiger partial charge in [-0.15, -0.1) is 0 Å². The molecular weight excluding hydrogens is 244 g/mol. The van der Waals surface area contributed by atoms with Crippen LogP contribution in [0.15, 0.2) is 12.3 Å². The van der Waals surface area contributed by atoms with Gasteiger partial charge in [-0.1, -0.05) is 19.8 Å². The van der Waals surface area contributed by atoms with Crippen molar-refractivity contribution in [1.29, 1.82) is 0 Å². The first-order valence-corrected chi connectivity index (χ1v) is 6.76. The van der Waals surface area contributed by atoms with E-state index in [-0.39, 0.29) is 23.2 Å². The molecule has 0 aromatic carbocycles. The molecule has 5 heteroatoms. The monoisotopic (exact) mass is 264 g/mol. The smallest absolute Gasteiger partial charge is 0.338 e. The summed E-state index contributed by atoms with van der Waals surface area (Å²) in [7, 11) is 0. The van der Waals surface area contributed by atoms with E-state index in [9.17, 15) is 4.79 Å². The average molecular weight is 264 g/mol. The molecule has 0 aliphatic heterocycles. The molecule has 19 heavy (non-hydrogen) atoms. The number of hydrogen-bond donors (Lipinski definition) is 2. The van der Waals surface area contributed by atoms with Gasteiger partial charge in [-0.3, -0.25) is 0 Å². The summed E-state index contributed by atoms with van der Waals surface area (Å²) in [5, 5.41) is 9.01. The Hall–Kier alpha value is -1.78. The largest absolute Gasteiger partial charge is 0.478 e. The van der Waals surface area contributed by atoms with Crippen LogP contribution in [0.4, 0.5) is 5.69 Å². The summed E-state index contributed by atoms with van der Waals surface area (Å²) in [6.07, 6.45) is 7.03. The number of hydrogen-bond acceptors (Lipinski definition) is 4. The third kappa shape index (κ3) is 3.16. The van der Waals surface area contributed by atoms with Gasteiger partial charge in [-0.2, -0.15) is 0 Å². The molecule has 104 valence electrons. The average Bonchev–Trinajstić information content (AvgIpc) is 2.41. The van der Waals surface area contributed by atoms with Crippen LogP contribution in [0, 0.1) is 5.92 Å². The third-order valence-electron chi connectivity index (χ3n) is 3.77. The lowest BCUT2D eigenvalue weighted by atomic mass is 9.85. The fourth-order valence-corrected chi connectivity index (χ4v) is 2.61. The molecule has 1 fully saturated rings. The highest BCUT2D eigenvalue weighted by Crippen LogP contribution is 2.31. The Balaban J connectivity index is 2.10. The molecule has 1 aliphatic carbocycles. The number of nitrogens with zero attached hydrogens (tertiary/aromatic N) is 1. The minimum Gasteiger partial charge on any atom is -0.478 e. The van der Waals surface area contributed by atoms with E-state index in [1.807, 2.05) is 0 Å². The van der Waals surface area contributed by atoms with Gasteiger partial charge in [0.25, 0.3) is 0 Å². The number of carboxylic acids is 1. The number of nitrogens with two attached hydrogens (primary N) is 1. The number of nitrogen functional groups attached to an aromatic ring is 1. The Kier molecular flexibility index (Phi) is 4.24. The number of aromatic carboxylic acids is 1. The highest BCUT2D eigenvalue weighted by molar-refractivity contribution is 5.94. The Labute approximate surface area is 112 Å². The molecule has 1 aromatic rings. The summed E-state index contributed by atoms with van der Waals surface area (Å²) in [5.74, 6) is -0.121. The summed E-state index contributed by atoms with van der Waals surface area (Å²) in [6, 6.07) is 1.39. The summed E-state index contributed by atoms with van der Waals surface area (Å²) in [4.78, 5) is 15.1. The molecule has 1 aliphatic rings. The number of ether oxygens (including phenoxy) is 1. The Morgan fingerprint density at radius 1 is 1.58 bits per heavy atom. The fourth-order valence-electron chi connectivity index (χ4n) is 2.61. The Bertz CT molecular complexity index is 462. The normalized spacial score (nSPS) is 23.0.